The number of hydrogen-bond donors (Lipinski definition) is 3. The molecule has 0 aromatic carbocycles. The zero-order valence-electron chi connectivity index (χ0n) is 14.4. The molecule has 10 nitrogen and oxygen atoms in total. The molecule has 2 amide bonds. The van der Waals surface area contributed by atoms with Crippen molar-refractivity contribution in [1.82, 2.24) is 10.2 Å². The Bertz CT molecular complexity index is 894. The zero-order valence-corrected chi connectivity index (χ0v) is 16.1. The summed E-state index contributed by atoms with van der Waals surface area (Å²) >= 11 is 2.55. The van der Waals surface area contributed by atoms with Gasteiger partial charge in [0.05, 0.1) is 0 Å². The molecule has 1 aromatic rings. The molecule has 2 aliphatic heterocycles. The fraction of sp³-hybridized carbons (Fsp3) is 0.312. The van der Waals surface area contributed by atoms with E-state index in [4.69, 9.17) is 9.94 Å². The molecule has 0 radical (unpaired) electrons. The lowest BCUT2D eigenvalue weighted by Gasteiger charge is -2.49. The van der Waals surface area contributed by atoms with Gasteiger partial charge in [0.15, 0.2) is 5.71 Å². The second-order valence-electron chi connectivity index (χ2n) is 5.86. The van der Waals surface area contributed by atoms with Crippen molar-refractivity contribution >= 4 is 52.6 Å². The Morgan fingerprint density at radius 1 is 1.43 bits per heavy atom. The first-order chi connectivity index (χ1) is 13.3. The minimum Gasteiger partial charge on any atom is -0.477 e. The third-order valence-electron chi connectivity index (χ3n) is 4.10. The molecule has 1 aromatic heterocycles. The summed E-state index contributed by atoms with van der Waals surface area (Å²) in [6.07, 6.45) is 0. The maximum atomic E-state index is 12.5. The number of carboxylic acid groups (broad SMARTS) is 1. The smallest absolute Gasteiger partial charge is 0.352 e. The van der Waals surface area contributed by atoms with Crippen LogP contribution >= 0.6 is 23.1 Å². The van der Waals surface area contributed by atoms with E-state index in [0.717, 1.165) is 4.90 Å². The lowest BCUT2D eigenvalue weighted by Crippen LogP contribution is -2.71. The predicted molar refractivity (Wildman–Crippen MR) is 99.0 cm³/mol. The Balaban J connectivity index is 1.76. The number of β-lactam (4-membered cyclic amide) rings is 1. The number of thioether (sulfide) groups is 1. The van der Waals surface area contributed by atoms with Gasteiger partial charge in [-0.3, -0.25) is 19.3 Å². The molecule has 0 aliphatic carbocycles. The summed E-state index contributed by atoms with van der Waals surface area (Å²) in [7, 11) is 0. The third-order valence-corrected chi connectivity index (χ3v) is 6.12. The van der Waals surface area contributed by atoms with Crippen molar-refractivity contribution in [3.63, 3.8) is 0 Å². The molecule has 3 rings (SSSR count). The van der Waals surface area contributed by atoms with Crippen LogP contribution in [0.25, 0.3) is 0 Å². The number of ether oxygens (including phenoxy) is 1. The van der Waals surface area contributed by atoms with Gasteiger partial charge in [0.25, 0.3) is 11.8 Å². The highest BCUT2D eigenvalue weighted by atomic mass is 32.2. The number of nitrogens with zero attached hydrogens (tertiary/aromatic N) is 2. The maximum Gasteiger partial charge on any atom is 0.352 e. The Labute approximate surface area is 166 Å². The SMILES string of the molecule is CC(=O)OCC1=C(C(=O)O)N2C(=O)[C@@H](NC(=O)/C(=N/O)c3ccsc3)[C@H]2SC1. The number of hydrogen-bond acceptors (Lipinski definition) is 9. The van der Waals surface area contributed by atoms with E-state index in [1.165, 1.54) is 30.0 Å². The van der Waals surface area contributed by atoms with Crippen LogP contribution in [0.4, 0.5) is 0 Å². The molecule has 1 saturated heterocycles. The largest absolute Gasteiger partial charge is 0.477 e. The number of esters is 1. The number of amides is 2. The van der Waals surface area contributed by atoms with E-state index in [1.54, 1.807) is 16.8 Å². The molecule has 0 unspecified atom stereocenters. The fourth-order valence-electron chi connectivity index (χ4n) is 2.83. The molecule has 1 fully saturated rings. The van der Waals surface area contributed by atoms with Crippen LogP contribution in [0.2, 0.25) is 0 Å². The first-order valence-corrected chi connectivity index (χ1v) is 9.93. The van der Waals surface area contributed by atoms with Gasteiger partial charge in [0, 0.05) is 29.2 Å². The van der Waals surface area contributed by atoms with Crippen molar-refractivity contribution in [1.29, 1.82) is 0 Å². The van der Waals surface area contributed by atoms with Crippen LogP contribution in [0.5, 0.6) is 0 Å². The van der Waals surface area contributed by atoms with E-state index in [-0.39, 0.29) is 23.8 Å². The van der Waals surface area contributed by atoms with Crippen molar-refractivity contribution in [2.24, 2.45) is 5.16 Å². The summed E-state index contributed by atoms with van der Waals surface area (Å²) in [6, 6.07) is 0.633. The van der Waals surface area contributed by atoms with Gasteiger partial charge >= 0.3 is 11.9 Å². The van der Waals surface area contributed by atoms with Crippen LogP contribution in [-0.4, -0.2) is 68.5 Å². The first-order valence-electron chi connectivity index (χ1n) is 7.94. The molecule has 28 heavy (non-hydrogen) atoms. The first kappa shape index (κ1) is 19.9. The number of carboxylic acids is 1. The molecule has 148 valence electrons. The summed E-state index contributed by atoms with van der Waals surface area (Å²) in [5.74, 6) is -3.01. The predicted octanol–water partition coefficient (Wildman–Crippen LogP) is 0.228. The van der Waals surface area contributed by atoms with Crippen LogP contribution in [0.3, 0.4) is 0 Å². The number of rotatable bonds is 6. The normalized spacial score (nSPS) is 21.7. The molecule has 2 aliphatic rings. The van der Waals surface area contributed by atoms with Gasteiger partial charge in [0.2, 0.25) is 0 Å². The topological polar surface area (TPSA) is 146 Å². The summed E-state index contributed by atoms with van der Waals surface area (Å²) < 4.78 is 4.86. The summed E-state index contributed by atoms with van der Waals surface area (Å²) in [4.78, 5) is 48.6. The average molecular weight is 425 g/mol. The van der Waals surface area contributed by atoms with Gasteiger partial charge in [-0.1, -0.05) is 5.16 Å². The minimum atomic E-state index is -1.32. The Hall–Kier alpha value is -2.86. The van der Waals surface area contributed by atoms with E-state index in [0.29, 0.717) is 11.1 Å². The molecule has 3 N–H and O–H groups in total. The van der Waals surface area contributed by atoms with E-state index in [9.17, 15) is 24.3 Å². The minimum absolute atomic E-state index is 0.223. The highest BCUT2D eigenvalue weighted by Gasteiger charge is 2.54. The van der Waals surface area contributed by atoms with Gasteiger partial charge in [-0.25, -0.2) is 4.79 Å². The molecular weight excluding hydrogens is 410 g/mol. The van der Waals surface area contributed by atoms with E-state index >= 15 is 0 Å². The number of nitrogens with one attached hydrogen (secondary N) is 1. The quantitative estimate of drug-likeness (QED) is 0.193. The Kier molecular flexibility index (Phi) is 5.70. The van der Waals surface area contributed by atoms with E-state index in [2.05, 4.69) is 10.5 Å². The van der Waals surface area contributed by atoms with Crippen LogP contribution in [0, 0.1) is 0 Å². The molecular formula is C16H15N3O7S2. The number of carbonyl (C=O) groups is 4. The second-order valence-corrected chi connectivity index (χ2v) is 7.74. The van der Waals surface area contributed by atoms with Crippen LogP contribution < -0.4 is 5.32 Å². The van der Waals surface area contributed by atoms with Gasteiger partial charge in [0.1, 0.15) is 23.7 Å². The summed E-state index contributed by atoms with van der Waals surface area (Å²) in [5, 5.41) is 26.8. The van der Waals surface area contributed by atoms with Crippen molar-refractivity contribution in [2.75, 3.05) is 12.4 Å². The molecule has 2 atom stereocenters. The zero-order chi connectivity index (χ0) is 20.4. The fourth-order valence-corrected chi connectivity index (χ4v) is 4.79. The van der Waals surface area contributed by atoms with Crippen LogP contribution in [0.15, 0.2) is 33.3 Å². The standard InChI is InChI=1S/C16H15N3O7S2/c1-7(20)26-4-9-6-28-15-11(14(22)19(15)12(9)16(23)24)17-13(21)10(18-25)8-2-3-27-5-8/h2-3,5,11,15,25H,4,6H2,1H3,(H,17,21)(H,23,24)/b18-10+/t11-,15-/m1/s1. The van der Waals surface area contributed by atoms with E-state index < -0.39 is 35.2 Å². The van der Waals surface area contributed by atoms with Crippen molar-refractivity contribution in [3.05, 3.63) is 33.7 Å². The lowest BCUT2D eigenvalue weighted by molar-refractivity contribution is -0.150. The number of oxime groups is 1. The number of carbonyl (C=O) groups excluding carboxylic acids is 3. The van der Waals surface area contributed by atoms with Crippen molar-refractivity contribution in [2.45, 2.75) is 18.3 Å². The van der Waals surface area contributed by atoms with Gasteiger partial charge in [-0.2, -0.15) is 11.3 Å². The molecule has 12 heteroatoms. The molecule has 0 bridgehead atoms. The van der Waals surface area contributed by atoms with Gasteiger partial charge in [-0.15, -0.1) is 11.8 Å². The Morgan fingerprint density at radius 2 is 2.18 bits per heavy atom. The third kappa shape index (κ3) is 3.60. The highest BCUT2D eigenvalue weighted by Crippen LogP contribution is 2.40. The van der Waals surface area contributed by atoms with E-state index in [1.807, 2.05) is 0 Å². The summed E-state index contributed by atoms with van der Waals surface area (Å²) in [6.45, 7) is 0.977. The number of aliphatic carboxylic acids is 1. The second kappa shape index (κ2) is 8.02. The van der Waals surface area contributed by atoms with Crippen LogP contribution in [-0.2, 0) is 23.9 Å². The highest BCUT2D eigenvalue weighted by molar-refractivity contribution is 8.00. The lowest BCUT2D eigenvalue weighted by atomic mass is 10.0. The maximum absolute atomic E-state index is 12.5. The van der Waals surface area contributed by atoms with Crippen LogP contribution in [0.1, 0.15) is 12.5 Å². The number of thiophene rings is 1. The molecule has 0 spiro atoms. The van der Waals surface area contributed by atoms with Gasteiger partial charge < -0.3 is 20.4 Å². The Morgan fingerprint density at radius 3 is 2.75 bits per heavy atom. The van der Waals surface area contributed by atoms with Gasteiger partial charge in [-0.05, 0) is 11.4 Å². The summed E-state index contributed by atoms with van der Waals surface area (Å²) in [5.41, 5.74) is 0.227. The monoisotopic (exact) mass is 425 g/mol. The molecule has 0 saturated carbocycles. The van der Waals surface area contributed by atoms with Crippen molar-refractivity contribution in [3.8, 4) is 0 Å². The molecule has 3 heterocycles. The number of fused-ring (bicyclic) bond motifs is 1. The van der Waals surface area contributed by atoms with Crippen molar-refractivity contribution < 1.29 is 34.2 Å². The average Bonchev–Trinajstić information content (AvgIpc) is 3.18.